The Morgan fingerprint density at radius 1 is 0.765 bits per heavy atom. The topological polar surface area (TPSA) is 9.23 Å². The minimum atomic E-state index is -1.14. The minimum Gasteiger partial charge on any atom is -0.224 e. The van der Waals surface area contributed by atoms with Crippen molar-refractivity contribution >= 4 is 40.1 Å². The van der Waals surface area contributed by atoms with E-state index in [-0.39, 0.29) is 0 Å². The molecule has 0 N–H and O–H groups in total. The van der Waals surface area contributed by atoms with Gasteiger partial charge in [0.05, 0.1) is 22.1 Å². The highest BCUT2D eigenvalue weighted by atomic mass is 33.8. The Balaban J connectivity index is 2.11. The van der Waals surface area contributed by atoms with E-state index in [0.29, 0.717) is 0 Å². The predicted molar refractivity (Wildman–Crippen MR) is 80.9 cm³/mol. The monoisotopic (exact) mass is 298 g/mol. The van der Waals surface area contributed by atoms with Crippen LogP contribution in [0, 0.1) is 0 Å². The average Bonchev–Trinajstić information content (AvgIpc) is 2.91. The second-order valence-electron chi connectivity index (χ2n) is 3.40. The van der Waals surface area contributed by atoms with Gasteiger partial charge in [-0.25, -0.2) is 3.63 Å². The zero-order valence-corrected chi connectivity index (χ0v) is 12.1. The van der Waals surface area contributed by atoms with E-state index in [9.17, 15) is 0 Å². The highest BCUT2D eigenvalue weighted by molar-refractivity contribution is 9.40. The van der Waals surface area contributed by atoms with Gasteiger partial charge >= 0.3 is 0 Å². The van der Waals surface area contributed by atoms with E-state index in [1.54, 1.807) is 11.1 Å². The summed E-state index contributed by atoms with van der Waals surface area (Å²) in [4.78, 5) is 2.71. The van der Waals surface area contributed by atoms with Crippen LogP contribution in [0.5, 0.6) is 0 Å². The fourth-order valence-corrected chi connectivity index (χ4v) is 12.9. The molecule has 1 nitrogen and oxygen atoms in total. The highest BCUT2D eigenvalue weighted by Crippen LogP contribution is 2.87. The Morgan fingerprint density at radius 2 is 1.29 bits per heavy atom. The first-order valence-electron chi connectivity index (χ1n) is 5.06. The van der Waals surface area contributed by atoms with Crippen molar-refractivity contribution in [2.24, 2.45) is 0 Å². The molecule has 0 radical (unpaired) electrons. The van der Waals surface area contributed by atoms with Gasteiger partial charge in [-0.05, 0) is 32.4 Å². The van der Waals surface area contributed by atoms with Gasteiger partial charge in [-0.3, -0.25) is 0 Å². The maximum atomic E-state index is 5.50. The van der Waals surface area contributed by atoms with Crippen molar-refractivity contribution < 1.29 is 3.63 Å². The summed E-state index contributed by atoms with van der Waals surface area (Å²) in [5, 5.41) is 0. The standard InChI is InChI=1S/C12H10OS4/c1-3-7-11(8-4-1)17(15-13-14-16-17)12-9-5-2-6-10-12/h1-10H. The van der Waals surface area contributed by atoms with Crippen molar-refractivity contribution in [1.29, 1.82) is 0 Å². The van der Waals surface area contributed by atoms with Crippen LogP contribution in [0.15, 0.2) is 70.5 Å². The molecule has 0 spiro atoms. The van der Waals surface area contributed by atoms with Gasteiger partial charge in [-0.1, -0.05) is 36.4 Å². The smallest absolute Gasteiger partial charge is 0.0904 e. The molecule has 1 saturated heterocycles. The summed E-state index contributed by atoms with van der Waals surface area (Å²) < 4.78 is 5.50. The summed E-state index contributed by atoms with van der Waals surface area (Å²) in [5.74, 6) is 0. The van der Waals surface area contributed by atoms with Crippen molar-refractivity contribution in [2.45, 2.75) is 9.79 Å². The molecule has 2 aromatic carbocycles. The molecule has 88 valence electrons. The van der Waals surface area contributed by atoms with Gasteiger partial charge < -0.3 is 0 Å². The molecule has 0 atom stereocenters. The summed E-state index contributed by atoms with van der Waals surface area (Å²) in [6.45, 7) is 0. The molecular formula is C12H10OS4. The number of benzene rings is 2. The Morgan fingerprint density at radius 3 is 1.71 bits per heavy atom. The second kappa shape index (κ2) is 5.20. The van der Waals surface area contributed by atoms with E-state index >= 15 is 0 Å². The van der Waals surface area contributed by atoms with Crippen LogP contribution in [0.1, 0.15) is 0 Å². The van der Waals surface area contributed by atoms with Gasteiger partial charge in [0.1, 0.15) is 0 Å². The van der Waals surface area contributed by atoms with Crippen molar-refractivity contribution in [3.63, 3.8) is 0 Å². The molecule has 1 aliphatic heterocycles. The van der Waals surface area contributed by atoms with Crippen LogP contribution in [0.25, 0.3) is 0 Å². The van der Waals surface area contributed by atoms with Crippen LogP contribution in [-0.2, 0) is 3.63 Å². The zero-order chi connectivity index (χ0) is 11.6. The number of hydrogen-bond donors (Lipinski definition) is 0. The highest BCUT2D eigenvalue weighted by Gasteiger charge is 2.37. The SMILES string of the molecule is c1ccc(S2(c3ccccc3)SOSS2)cc1. The molecule has 1 fully saturated rings. The summed E-state index contributed by atoms with van der Waals surface area (Å²) in [6.07, 6.45) is 0. The van der Waals surface area contributed by atoms with E-state index in [2.05, 4.69) is 60.7 Å². The quantitative estimate of drug-likeness (QED) is 0.518. The van der Waals surface area contributed by atoms with Crippen molar-refractivity contribution in [3.05, 3.63) is 60.7 Å². The van der Waals surface area contributed by atoms with Crippen LogP contribution in [0.3, 0.4) is 0 Å². The van der Waals surface area contributed by atoms with Gasteiger partial charge in [0.25, 0.3) is 0 Å². The molecule has 2 aromatic rings. The molecule has 0 bridgehead atoms. The molecule has 17 heavy (non-hydrogen) atoms. The van der Waals surface area contributed by atoms with Crippen LogP contribution in [0.2, 0.25) is 0 Å². The lowest BCUT2D eigenvalue weighted by Gasteiger charge is -2.29. The molecule has 0 saturated carbocycles. The first-order valence-corrected chi connectivity index (χ1v) is 10.5. The third-order valence-electron chi connectivity index (χ3n) is 2.38. The maximum Gasteiger partial charge on any atom is 0.0904 e. The summed E-state index contributed by atoms with van der Waals surface area (Å²) in [6, 6.07) is 21.3. The molecule has 1 aliphatic rings. The summed E-state index contributed by atoms with van der Waals surface area (Å²) in [5.41, 5.74) is 0. The zero-order valence-electron chi connectivity index (χ0n) is 8.81. The van der Waals surface area contributed by atoms with Gasteiger partial charge in [-0.2, -0.15) is 0 Å². The van der Waals surface area contributed by atoms with E-state index < -0.39 is 8.09 Å². The van der Waals surface area contributed by atoms with E-state index in [1.165, 1.54) is 20.9 Å². The van der Waals surface area contributed by atoms with E-state index in [0.717, 1.165) is 0 Å². The average molecular weight is 298 g/mol. The molecular weight excluding hydrogens is 288 g/mol. The summed E-state index contributed by atoms with van der Waals surface area (Å²) in [7, 11) is 0.692. The molecule has 5 heteroatoms. The van der Waals surface area contributed by atoms with Crippen LogP contribution in [-0.4, -0.2) is 0 Å². The molecule has 0 unspecified atom stereocenters. The third-order valence-corrected chi connectivity index (χ3v) is 13.9. The lowest BCUT2D eigenvalue weighted by atomic mass is 10.4. The Labute approximate surface area is 114 Å². The van der Waals surface area contributed by atoms with Crippen molar-refractivity contribution in [2.75, 3.05) is 0 Å². The maximum absolute atomic E-state index is 5.50. The summed E-state index contributed by atoms with van der Waals surface area (Å²) >= 11 is 3.09. The van der Waals surface area contributed by atoms with Gasteiger partial charge in [0.2, 0.25) is 0 Å². The molecule has 0 aromatic heterocycles. The lowest BCUT2D eigenvalue weighted by Crippen LogP contribution is -1.89. The fourth-order valence-electron chi connectivity index (χ4n) is 1.60. The van der Waals surface area contributed by atoms with Crippen molar-refractivity contribution in [3.8, 4) is 0 Å². The largest absolute Gasteiger partial charge is 0.224 e. The first kappa shape index (κ1) is 11.9. The Bertz CT molecular complexity index is 441. The molecule has 0 amide bonds. The first-order chi connectivity index (χ1) is 8.42. The fraction of sp³-hybridized carbons (Fsp3) is 0. The lowest BCUT2D eigenvalue weighted by molar-refractivity contribution is 0.785. The number of hydrogen-bond acceptors (Lipinski definition) is 4. The third kappa shape index (κ3) is 2.22. The normalized spacial score (nSPS) is 20.0. The van der Waals surface area contributed by atoms with E-state index in [1.807, 2.05) is 9.83 Å². The van der Waals surface area contributed by atoms with Crippen LogP contribution in [0.4, 0.5) is 0 Å². The molecule has 3 rings (SSSR count). The van der Waals surface area contributed by atoms with Crippen LogP contribution >= 0.6 is 40.1 Å². The van der Waals surface area contributed by atoms with Gasteiger partial charge in [-0.15, -0.1) is 0 Å². The Kier molecular flexibility index (Phi) is 3.63. The van der Waals surface area contributed by atoms with Gasteiger partial charge in [0.15, 0.2) is 0 Å². The van der Waals surface area contributed by atoms with E-state index in [4.69, 9.17) is 3.63 Å². The molecule has 1 heterocycles. The molecule has 0 aliphatic carbocycles. The Hall–Kier alpha value is -0.200. The number of rotatable bonds is 2. The van der Waals surface area contributed by atoms with Gasteiger partial charge in [0, 0.05) is 19.6 Å². The van der Waals surface area contributed by atoms with Crippen molar-refractivity contribution in [1.82, 2.24) is 0 Å². The second-order valence-corrected chi connectivity index (χ2v) is 12.4. The predicted octanol–water partition coefficient (Wildman–Crippen LogP) is 5.71. The van der Waals surface area contributed by atoms with Crippen LogP contribution < -0.4 is 0 Å². The minimum absolute atomic E-state index is 1.14.